The number of hydrogen-bond donors (Lipinski definition) is 1. The summed E-state index contributed by atoms with van der Waals surface area (Å²) in [4.78, 5) is 12.7. The van der Waals surface area contributed by atoms with Gasteiger partial charge in [-0.15, -0.1) is 10.2 Å². The molecule has 0 spiro atoms. The molecular formula is C28H26BrN3O3. The van der Waals surface area contributed by atoms with E-state index in [1.54, 1.807) is 30.3 Å². The average Bonchev–Trinajstić information content (AvgIpc) is 3.37. The van der Waals surface area contributed by atoms with Crippen molar-refractivity contribution in [1.82, 2.24) is 15.5 Å². The van der Waals surface area contributed by atoms with E-state index < -0.39 is 11.5 Å². The molecule has 0 bridgehead atoms. The highest BCUT2D eigenvalue weighted by Gasteiger charge is 2.34. The Morgan fingerprint density at radius 1 is 1.00 bits per heavy atom. The third-order valence-corrected chi connectivity index (χ3v) is 6.03. The van der Waals surface area contributed by atoms with E-state index in [2.05, 4.69) is 55.7 Å². The number of carbonyl (C=O) groups excluding carboxylic acids is 1. The third-order valence-electron chi connectivity index (χ3n) is 5.51. The van der Waals surface area contributed by atoms with E-state index in [1.807, 2.05) is 50.3 Å². The van der Waals surface area contributed by atoms with Crippen LogP contribution in [0.15, 0.2) is 87.8 Å². The molecule has 0 radical (unpaired) electrons. The highest BCUT2D eigenvalue weighted by molar-refractivity contribution is 9.10. The Morgan fingerprint density at radius 3 is 2.43 bits per heavy atom. The number of hydrogen-bond acceptors (Lipinski definition) is 6. The molecule has 0 amide bonds. The van der Waals surface area contributed by atoms with Crippen molar-refractivity contribution >= 4 is 34.1 Å². The first-order chi connectivity index (χ1) is 16.9. The topological polar surface area (TPSA) is 77.2 Å². The van der Waals surface area contributed by atoms with Crippen LogP contribution in [0, 0.1) is 6.92 Å². The SMILES string of the molecule is Cc1ccc(CNC(C)(COC(=O)c2ccc(Br)cc2)c2nnc(/C=C/c3ccccc3)o2)cc1. The zero-order valence-electron chi connectivity index (χ0n) is 19.6. The Hall–Kier alpha value is -3.55. The summed E-state index contributed by atoms with van der Waals surface area (Å²) >= 11 is 3.38. The van der Waals surface area contributed by atoms with Gasteiger partial charge in [-0.3, -0.25) is 5.32 Å². The number of ether oxygens (including phenoxy) is 1. The molecule has 0 saturated carbocycles. The van der Waals surface area contributed by atoms with E-state index in [9.17, 15) is 4.79 Å². The second kappa shape index (κ2) is 11.3. The van der Waals surface area contributed by atoms with E-state index >= 15 is 0 Å². The molecule has 0 aliphatic heterocycles. The van der Waals surface area contributed by atoms with E-state index in [0.29, 0.717) is 23.9 Å². The van der Waals surface area contributed by atoms with Crippen LogP contribution in [0.3, 0.4) is 0 Å². The van der Waals surface area contributed by atoms with Gasteiger partial charge in [-0.25, -0.2) is 4.79 Å². The first kappa shape index (κ1) is 24.6. The zero-order valence-corrected chi connectivity index (χ0v) is 21.2. The monoisotopic (exact) mass is 531 g/mol. The van der Waals surface area contributed by atoms with Crippen molar-refractivity contribution in [2.24, 2.45) is 0 Å². The molecule has 1 heterocycles. The van der Waals surface area contributed by atoms with Gasteiger partial charge in [0.2, 0.25) is 11.8 Å². The van der Waals surface area contributed by atoms with E-state index in [1.165, 1.54) is 5.56 Å². The van der Waals surface area contributed by atoms with Gasteiger partial charge in [0.1, 0.15) is 12.1 Å². The fourth-order valence-corrected chi connectivity index (χ4v) is 3.59. The Balaban J connectivity index is 1.52. The molecule has 7 heteroatoms. The van der Waals surface area contributed by atoms with Crippen LogP contribution in [0.4, 0.5) is 0 Å². The predicted molar refractivity (Wildman–Crippen MR) is 139 cm³/mol. The minimum absolute atomic E-state index is 0.0117. The summed E-state index contributed by atoms with van der Waals surface area (Å²) in [6, 6.07) is 25.1. The lowest BCUT2D eigenvalue weighted by atomic mass is 10.0. The fraction of sp³-hybridized carbons (Fsp3) is 0.179. The molecule has 178 valence electrons. The van der Waals surface area contributed by atoms with Crippen LogP contribution < -0.4 is 5.32 Å². The lowest BCUT2D eigenvalue weighted by Crippen LogP contribution is -2.44. The lowest BCUT2D eigenvalue weighted by Gasteiger charge is -2.27. The number of nitrogens with one attached hydrogen (secondary N) is 1. The quantitative estimate of drug-likeness (QED) is 0.260. The molecule has 1 atom stereocenters. The molecule has 6 nitrogen and oxygen atoms in total. The minimum Gasteiger partial charge on any atom is -0.460 e. The second-order valence-electron chi connectivity index (χ2n) is 8.44. The van der Waals surface area contributed by atoms with Crippen molar-refractivity contribution in [3.63, 3.8) is 0 Å². The van der Waals surface area contributed by atoms with Crippen molar-refractivity contribution in [2.75, 3.05) is 6.61 Å². The Morgan fingerprint density at radius 2 is 1.71 bits per heavy atom. The van der Waals surface area contributed by atoms with Crippen LogP contribution in [0.2, 0.25) is 0 Å². The lowest BCUT2D eigenvalue weighted by molar-refractivity contribution is 0.0342. The molecule has 0 aliphatic rings. The molecule has 4 aromatic rings. The van der Waals surface area contributed by atoms with Crippen LogP contribution in [0.5, 0.6) is 0 Å². The number of aryl methyl sites for hydroxylation is 1. The molecule has 1 aromatic heterocycles. The molecule has 3 aromatic carbocycles. The number of aromatic nitrogens is 2. The molecule has 4 rings (SSSR count). The maximum atomic E-state index is 12.7. The average molecular weight is 532 g/mol. The van der Waals surface area contributed by atoms with Crippen molar-refractivity contribution in [3.05, 3.63) is 117 Å². The predicted octanol–water partition coefficient (Wildman–Crippen LogP) is 6.17. The van der Waals surface area contributed by atoms with Gasteiger partial charge < -0.3 is 9.15 Å². The van der Waals surface area contributed by atoms with Gasteiger partial charge in [0.05, 0.1) is 5.56 Å². The van der Waals surface area contributed by atoms with Crippen molar-refractivity contribution < 1.29 is 13.9 Å². The minimum atomic E-state index is -0.901. The Kier molecular flexibility index (Phi) is 7.90. The van der Waals surface area contributed by atoms with Crippen LogP contribution >= 0.6 is 15.9 Å². The highest BCUT2D eigenvalue weighted by Crippen LogP contribution is 2.23. The molecule has 1 unspecified atom stereocenters. The van der Waals surface area contributed by atoms with Crippen molar-refractivity contribution in [1.29, 1.82) is 0 Å². The summed E-state index contributed by atoms with van der Waals surface area (Å²) in [6.45, 7) is 4.47. The largest absolute Gasteiger partial charge is 0.460 e. The smallest absolute Gasteiger partial charge is 0.338 e. The van der Waals surface area contributed by atoms with Gasteiger partial charge >= 0.3 is 5.97 Å². The fourth-order valence-electron chi connectivity index (χ4n) is 3.33. The number of carbonyl (C=O) groups is 1. The summed E-state index contributed by atoms with van der Waals surface area (Å²) in [5.74, 6) is 0.275. The van der Waals surface area contributed by atoms with Gasteiger partial charge in [-0.2, -0.15) is 0 Å². The molecular weight excluding hydrogens is 506 g/mol. The summed E-state index contributed by atoms with van der Waals surface area (Å²) in [5.41, 5.74) is 2.86. The third kappa shape index (κ3) is 6.74. The van der Waals surface area contributed by atoms with Gasteiger partial charge in [0, 0.05) is 17.1 Å². The van der Waals surface area contributed by atoms with Crippen molar-refractivity contribution in [2.45, 2.75) is 25.9 Å². The number of nitrogens with zero attached hydrogens (tertiary/aromatic N) is 2. The number of benzene rings is 3. The van der Waals surface area contributed by atoms with Crippen LogP contribution in [0.25, 0.3) is 12.2 Å². The normalized spacial score (nSPS) is 13.0. The molecule has 1 N–H and O–H groups in total. The maximum Gasteiger partial charge on any atom is 0.338 e. The van der Waals surface area contributed by atoms with E-state index in [0.717, 1.165) is 15.6 Å². The second-order valence-corrected chi connectivity index (χ2v) is 9.36. The molecule has 35 heavy (non-hydrogen) atoms. The number of halogens is 1. The van der Waals surface area contributed by atoms with Gasteiger partial charge in [-0.1, -0.05) is 76.1 Å². The summed E-state index contributed by atoms with van der Waals surface area (Å²) in [5, 5.41) is 11.9. The highest BCUT2D eigenvalue weighted by atomic mass is 79.9. The van der Waals surface area contributed by atoms with Crippen molar-refractivity contribution in [3.8, 4) is 0 Å². The summed E-state index contributed by atoms with van der Waals surface area (Å²) < 4.78 is 12.5. The van der Waals surface area contributed by atoms with Gasteiger partial charge in [-0.05, 0) is 55.3 Å². The Labute approximate surface area is 213 Å². The summed E-state index contributed by atoms with van der Waals surface area (Å²) in [6.07, 6.45) is 3.67. The van der Waals surface area contributed by atoms with Crippen LogP contribution in [0.1, 0.15) is 45.8 Å². The zero-order chi connectivity index (χ0) is 24.7. The number of rotatable bonds is 9. The first-order valence-corrected chi connectivity index (χ1v) is 12.0. The van der Waals surface area contributed by atoms with E-state index in [-0.39, 0.29) is 6.61 Å². The van der Waals surface area contributed by atoms with E-state index in [4.69, 9.17) is 9.15 Å². The molecule has 0 fully saturated rings. The van der Waals surface area contributed by atoms with Crippen LogP contribution in [-0.2, 0) is 16.8 Å². The molecule has 0 saturated heterocycles. The summed E-state index contributed by atoms with van der Waals surface area (Å²) in [7, 11) is 0. The first-order valence-electron chi connectivity index (χ1n) is 11.2. The maximum absolute atomic E-state index is 12.7. The van der Waals surface area contributed by atoms with Gasteiger partial charge in [0.15, 0.2) is 0 Å². The standard InChI is InChI=1S/C28H26BrN3O3/c1-20-8-10-22(11-9-20)18-30-28(2,19-34-26(33)23-13-15-24(29)16-14-23)27-32-31-25(35-27)17-12-21-6-4-3-5-7-21/h3-17,30H,18-19H2,1-2H3/b17-12+. The van der Waals surface area contributed by atoms with Gasteiger partial charge in [0.25, 0.3) is 0 Å². The molecule has 0 aliphatic carbocycles. The van der Waals surface area contributed by atoms with Crippen LogP contribution in [-0.4, -0.2) is 22.8 Å². The Bertz CT molecular complexity index is 1290. The number of esters is 1.